The second-order valence-electron chi connectivity index (χ2n) is 24.2. The molecule has 14 N–H and O–H groups in total. The van der Waals surface area contributed by atoms with E-state index in [4.69, 9.17) is 15.2 Å². The standard InChI is InChI=1S/C63H88N12O16S.2ClH/c1-35-33-75-53(54(35)82)59(87)65-32-42(77)30-44(66-55(83)38-11-13-39(14-12-38)60-70-71-61(92-60)40-15-17-41(18-16-40)73-25-23-72(24-26-73)22-8-6-5-7-9-27-90-3)56(84)67-50(36(2)76)62(88)74-34-43(78)31-45(74)57(85)68-51(58(86)69-52(63(75)89)47(80)20-21-64)48(81)28-37-10-19-46(79)49(29-37)91-4;;/h10-19,29,35-36,42-45,47-48,50-54,76-82H,5-9,20-28,30-34,64H2,1-4H3,(H,65,87)(H,66,83)(H,67,84)(H,68,85)(H,69,86);2*1H/t35-,36+,42+,43+,44-,45-,47+,48+,50-,51-,52-,53-,54-;;/m0../s1. The number of anilines is 1. The van der Waals surface area contributed by atoms with Crippen molar-refractivity contribution in [2.75, 3.05) is 84.6 Å². The number of aliphatic hydroxyl groups is 6. The summed E-state index contributed by atoms with van der Waals surface area (Å²) in [6, 6.07) is 7.59. The van der Waals surface area contributed by atoms with E-state index in [1.54, 1.807) is 26.2 Å². The lowest BCUT2D eigenvalue weighted by Crippen LogP contribution is -2.64. The van der Waals surface area contributed by atoms with E-state index in [1.165, 1.54) is 74.5 Å². The molecule has 4 fully saturated rings. The first-order valence-electron chi connectivity index (χ1n) is 31.3. The minimum atomic E-state index is -2.02. The molecule has 0 spiro atoms. The second-order valence-corrected chi connectivity index (χ2v) is 25.2. The van der Waals surface area contributed by atoms with Crippen molar-refractivity contribution >= 4 is 83.2 Å². The minimum Gasteiger partial charge on any atom is -0.504 e. The molecule has 0 radical (unpaired) electrons. The summed E-state index contributed by atoms with van der Waals surface area (Å²) in [5, 5.41) is 101. The number of carbonyl (C=O) groups excluding carboxylic acids is 7. The van der Waals surface area contributed by atoms with E-state index >= 15 is 0 Å². The number of methoxy groups -OCH3 is 2. The molecule has 4 aromatic rings. The Morgan fingerprint density at radius 1 is 0.723 bits per heavy atom. The molecule has 13 atom stereocenters. The fourth-order valence-electron chi connectivity index (χ4n) is 12.1. The Hall–Kier alpha value is -6.87. The summed E-state index contributed by atoms with van der Waals surface area (Å²) < 4.78 is 10.4. The number of phenols is 1. The van der Waals surface area contributed by atoms with E-state index < -0.39 is 152 Å². The average Bonchev–Trinajstić information content (AvgIpc) is 1.64. The fourth-order valence-corrected chi connectivity index (χ4v) is 12.9. The van der Waals surface area contributed by atoms with Crippen LogP contribution in [0.3, 0.4) is 0 Å². The van der Waals surface area contributed by atoms with Crippen LogP contribution in [-0.2, 0) is 39.9 Å². The molecule has 0 aliphatic carbocycles. The molecule has 8 rings (SSSR count). The number of aliphatic hydroxyl groups excluding tert-OH is 6. The highest BCUT2D eigenvalue weighted by Gasteiger charge is 2.50. The number of halogens is 2. The largest absolute Gasteiger partial charge is 0.504 e. The SMILES string of the molecule is COCCCCCCCN1CCN(c2ccc(-c3nnc(-c4ccc(C(=O)N[C@H]5C[C@@H](O)CNC(=O)[C@@H]6[C@@H](O)[C@@H](C)CN6C(=O)[C@H]([C@H](O)CCN)NC(=O)[C@H]([C@H](O)Cc6ccc(O)c(OC)c6)NC(=O)[C@@H]6C[C@@H](O)CN6C(=O)[C@H]([C@@H](C)O)NC5=O)cc4)s3)cc2)CC1.Cl.Cl. The van der Waals surface area contributed by atoms with Crippen LogP contribution in [0.2, 0.25) is 0 Å². The summed E-state index contributed by atoms with van der Waals surface area (Å²) in [5.41, 5.74) is 8.76. The molecule has 4 aliphatic rings. The normalized spacial score (nSPS) is 25.4. The van der Waals surface area contributed by atoms with Crippen LogP contribution in [0.4, 0.5) is 5.69 Å². The van der Waals surface area contributed by atoms with E-state index in [-0.39, 0.29) is 67.0 Å². The van der Waals surface area contributed by atoms with Gasteiger partial charge in [0.15, 0.2) is 11.5 Å². The summed E-state index contributed by atoms with van der Waals surface area (Å²) >= 11 is 1.35. The molecule has 0 saturated carbocycles. The maximum absolute atomic E-state index is 14.7. The number of benzene rings is 3. The van der Waals surface area contributed by atoms with E-state index in [9.17, 15) is 69.3 Å². The first kappa shape index (κ1) is 76.2. The lowest BCUT2D eigenvalue weighted by atomic mass is 9.98. The molecule has 94 heavy (non-hydrogen) atoms. The van der Waals surface area contributed by atoms with Crippen LogP contribution in [-0.4, -0.2) is 255 Å². The van der Waals surface area contributed by atoms with Gasteiger partial charge >= 0.3 is 0 Å². The predicted molar refractivity (Wildman–Crippen MR) is 352 cm³/mol. The highest BCUT2D eigenvalue weighted by Crippen LogP contribution is 2.33. The van der Waals surface area contributed by atoms with Crippen LogP contribution < -0.4 is 42.0 Å². The Kier molecular flexibility index (Phi) is 29.0. The maximum atomic E-state index is 14.7. The van der Waals surface area contributed by atoms with Gasteiger partial charge in [-0.05, 0) is 93.4 Å². The number of piperazine rings is 1. The number of ether oxygens (including phenoxy) is 2. The topological polar surface area (TPSA) is 404 Å². The van der Waals surface area contributed by atoms with Crippen LogP contribution in [0, 0.1) is 5.92 Å². The second kappa shape index (κ2) is 35.8. The molecule has 28 nitrogen and oxygen atoms in total. The van der Waals surface area contributed by atoms with Gasteiger partial charge in [0.1, 0.15) is 46.3 Å². The number of amides is 7. The number of nitrogens with zero attached hydrogens (tertiary/aromatic N) is 6. The number of nitrogens with one attached hydrogen (secondary N) is 5. The molecule has 3 aromatic carbocycles. The Morgan fingerprint density at radius 2 is 1.34 bits per heavy atom. The van der Waals surface area contributed by atoms with Crippen LogP contribution in [0.5, 0.6) is 11.5 Å². The van der Waals surface area contributed by atoms with Crippen molar-refractivity contribution in [2.24, 2.45) is 11.7 Å². The molecule has 4 saturated heterocycles. The van der Waals surface area contributed by atoms with Gasteiger partial charge in [-0.15, -0.1) is 35.0 Å². The number of unbranched alkanes of at least 4 members (excludes halogenated alkanes) is 4. The van der Waals surface area contributed by atoms with E-state index in [0.29, 0.717) is 15.6 Å². The zero-order valence-corrected chi connectivity index (χ0v) is 55.5. The van der Waals surface area contributed by atoms with Gasteiger partial charge in [0.25, 0.3) is 5.91 Å². The summed E-state index contributed by atoms with van der Waals surface area (Å²) in [6.45, 7) is 6.84. The van der Waals surface area contributed by atoms with Crippen molar-refractivity contribution in [2.45, 2.75) is 145 Å². The Bertz CT molecular complexity index is 3170. The number of aromatic hydroxyl groups is 1. The van der Waals surface area contributed by atoms with Crippen molar-refractivity contribution in [1.29, 1.82) is 0 Å². The highest BCUT2D eigenvalue weighted by molar-refractivity contribution is 7.17. The van der Waals surface area contributed by atoms with E-state index in [2.05, 4.69) is 58.7 Å². The Balaban J connectivity index is 0.00000700. The van der Waals surface area contributed by atoms with Crippen molar-refractivity contribution in [1.82, 2.24) is 51.5 Å². The number of phenolic OH excluding ortho intramolecular Hbond substituents is 1. The van der Waals surface area contributed by atoms with Crippen LogP contribution in [0.1, 0.15) is 81.1 Å². The highest BCUT2D eigenvalue weighted by atomic mass is 35.5. The van der Waals surface area contributed by atoms with Crippen molar-refractivity contribution in [3.05, 3.63) is 77.9 Å². The third-order valence-electron chi connectivity index (χ3n) is 17.4. The predicted octanol–water partition coefficient (Wildman–Crippen LogP) is -0.554. The van der Waals surface area contributed by atoms with Gasteiger partial charge < -0.3 is 92.2 Å². The molecule has 7 amide bonds. The van der Waals surface area contributed by atoms with E-state index in [0.717, 1.165) is 73.7 Å². The third-order valence-corrected chi connectivity index (χ3v) is 18.4. The Labute approximate surface area is 562 Å². The number of hydrogen-bond donors (Lipinski definition) is 13. The van der Waals surface area contributed by atoms with Gasteiger partial charge in [-0.1, -0.05) is 55.7 Å². The maximum Gasteiger partial charge on any atom is 0.251 e. The number of nitrogens with two attached hydrogens (primary N) is 1. The third kappa shape index (κ3) is 19.4. The number of aromatic nitrogens is 2. The molecule has 1 aromatic heterocycles. The van der Waals surface area contributed by atoms with Gasteiger partial charge in [0.05, 0.1) is 43.7 Å². The van der Waals surface area contributed by atoms with Crippen LogP contribution in [0.25, 0.3) is 21.1 Å². The first-order chi connectivity index (χ1) is 44.1. The number of rotatable bonds is 21. The summed E-state index contributed by atoms with van der Waals surface area (Å²) in [7, 11) is 3.02. The molecule has 31 heteroatoms. The monoisotopic (exact) mass is 1370 g/mol. The van der Waals surface area contributed by atoms with Gasteiger partial charge in [0.2, 0.25) is 35.4 Å². The quantitative estimate of drug-likeness (QED) is 0.0465. The first-order valence-corrected chi connectivity index (χ1v) is 32.2. The molecule has 0 bridgehead atoms. The molecular weight excluding hydrogens is 1280 g/mol. The van der Waals surface area contributed by atoms with Crippen LogP contribution in [0.15, 0.2) is 66.7 Å². The molecule has 518 valence electrons. The van der Waals surface area contributed by atoms with Gasteiger partial charge in [0, 0.05) is 107 Å². The molecule has 5 heterocycles. The Morgan fingerprint density at radius 3 is 1.98 bits per heavy atom. The molecule has 0 unspecified atom stereocenters. The zero-order chi connectivity index (χ0) is 66.3. The lowest BCUT2D eigenvalue weighted by molar-refractivity contribution is -0.147. The van der Waals surface area contributed by atoms with Gasteiger partial charge in [-0.2, -0.15) is 0 Å². The fraction of sp³-hybridized carbons (Fsp3) is 0.571. The van der Waals surface area contributed by atoms with E-state index in [1.807, 2.05) is 12.1 Å². The number of hydrogen-bond acceptors (Lipinski definition) is 22. The summed E-state index contributed by atoms with van der Waals surface area (Å²) in [6.07, 6.45) is -5.77. The zero-order valence-electron chi connectivity index (χ0n) is 53.1. The minimum absolute atomic E-state index is 0. The van der Waals surface area contributed by atoms with Gasteiger partial charge in [-0.25, -0.2) is 0 Å². The van der Waals surface area contributed by atoms with Crippen molar-refractivity contribution in [3.8, 4) is 32.6 Å². The van der Waals surface area contributed by atoms with Gasteiger partial charge in [-0.3, -0.25) is 38.5 Å². The van der Waals surface area contributed by atoms with Crippen molar-refractivity contribution < 1.29 is 78.8 Å². The number of β-amino-alcohol motifs (C(OH)–C–C–N with tert-alkyl or cyclic N) is 1. The van der Waals surface area contributed by atoms with Crippen molar-refractivity contribution in [3.63, 3.8) is 0 Å². The molecule has 4 aliphatic heterocycles. The average molecular weight is 1370 g/mol. The lowest BCUT2D eigenvalue weighted by Gasteiger charge is -2.36. The summed E-state index contributed by atoms with van der Waals surface area (Å²) in [5.74, 6) is -8.51. The molecular formula is C63H90Cl2N12O16S. The number of carbonyl (C=O) groups is 7. The smallest absolute Gasteiger partial charge is 0.251 e. The summed E-state index contributed by atoms with van der Waals surface area (Å²) in [4.78, 5) is 108. The van der Waals surface area contributed by atoms with Crippen LogP contribution >= 0.6 is 36.2 Å². The number of fused-ring (bicyclic) bond motifs is 2.